The van der Waals surface area contributed by atoms with Gasteiger partial charge in [-0.15, -0.1) is 0 Å². The summed E-state index contributed by atoms with van der Waals surface area (Å²) in [5, 5.41) is 7.58. The molecule has 2 bridgehead atoms. The first-order chi connectivity index (χ1) is 16.4. The molecular formula is C26H29FN4O2S. The first kappa shape index (κ1) is 21.9. The van der Waals surface area contributed by atoms with E-state index in [1.54, 1.807) is 16.4 Å². The van der Waals surface area contributed by atoms with Crippen molar-refractivity contribution in [1.82, 2.24) is 19.2 Å². The van der Waals surface area contributed by atoms with E-state index in [1.165, 1.54) is 23.3 Å². The summed E-state index contributed by atoms with van der Waals surface area (Å²) in [6, 6.07) is 14.9. The van der Waals surface area contributed by atoms with E-state index >= 15 is 0 Å². The quantitative estimate of drug-likeness (QED) is 0.584. The van der Waals surface area contributed by atoms with E-state index in [0.717, 1.165) is 54.6 Å². The molecule has 6 rings (SSSR count). The predicted molar refractivity (Wildman–Crippen MR) is 130 cm³/mol. The van der Waals surface area contributed by atoms with Crippen molar-refractivity contribution in [2.75, 3.05) is 13.1 Å². The zero-order valence-corrected chi connectivity index (χ0v) is 20.0. The van der Waals surface area contributed by atoms with Gasteiger partial charge in [-0.1, -0.05) is 19.1 Å². The van der Waals surface area contributed by atoms with E-state index in [-0.39, 0.29) is 11.4 Å². The summed E-state index contributed by atoms with van der Waals surface area (Å²) < 4.78 is 43.8. The summed E-state index contributed by atoms with van der Waals surface area (Å²) in [7, 11) is -3.42. The lowest BCUT2D eigenvalue weighted by atomic mass is 9.79. The fourth-order valence-corrected chi connectivity index (χ4v) is 8.17. The lowest BCUT2D eigenvalue weighted by Gasteiger charge is -2.33. The number of nitrogens with one attached hydrogen (secondary N) is 2. The fraction of sp³-hybridized carbons (Fsp3) is 0.423. The monoisotopic (exact) mass is 480 g/mol. The molecule has 6 nitrogen and oxygen atoms in total. The molecule has 1 saturated heterocycles. The van der Waals surface area contributed by atoms with Crippen LogP contribution in [0.3, 0.4) is 0 Å². The summed E-state index contributed by atoms with van der Waals surface area (Å²) in [6.45, 7) is 3.18. The average molecular weight is 481 g/mol. The summed E-state index contributed by atoms with van der Waals surface area (Å²) in [5.41, 5.74) is 5.87. The Morgan fingerprint density at radius 1 is 1.03 bits per heavy atom. The number of H-pyrrole nitrogens is 1. The molecule has 8 heteroatoms. The number of rotatable bonds is 4. The van der Waals surface area contributed by atoms with Gasteiger partial charge < -0.3 is 0 Å². The Balaban J connectivity index is 1.30. The summed E-state index contributed by atoms with van der Waals surface area (Å²) in [5.74, 6) is 0.347. The molecule has 0 radical (unpaired) electrons. The molecule has 1 aromatic heterocycles. The van der Waals surface area contributed by atoms with E-state index in [9.17, 15) is 12.8 Å². The van der Waals surface area contributed by atoms with E-state index in [1.807, 2.05) is 13.0 Å². The highest BCUT2D eigenvalue weighted by Crippen LogP contribution is 2.50. The number of hydrogen-bond acceptors (Lipinski definition) is 3. The van der Waals surface area contributed by atoms with Crippen LogP contribution >= 0.6 is 0 Å². The second kappa shape index (κ2) is 8.00. The third-order valence-electron chi connectivity index (χ3n) is 8.06. The summed E-state index contributed by atoms with van der Waals surface area (Å²) in [4.78, 5) is 0. The minimum Gasteiger partial charge on any atom is -0.277 e. The van der Waals surface area contributed by atoms with Crippen molar-refractivity contribution in [1.29, 1.82) is 0 Å². The van der Waals surface area contributed by atoms with Gasteiger partial charge in [0, 0.05) is 18.7 Å². The average Bonchev–Trinajstić information content (AvgIpc) is 3.45. The molecule has 2 heterocycles. The van der Waals surface area contributed by atoms with Gasteiger partial charge in [0.05, 0.1) is 16.9 Å². The molecule has 3 aromatic rings. The lowest BCUT2D eigenvalue weighted by Crippen LogP contribution is -2.52. The number of hydrogen-bond donors (Lipinski definition) is 2. The molecular weight excluding hydrogens is 451 g/mol. The molecule has 2 N–H and O–H groups in total. The van der Waals surface area contributed by atoms with Gasteiger partial charge in [0.2, 0.25) is 0 Å². The van der Waals surface area contributed by atoms with Crippen LogP contribution in [0.25, 0.3) is 22.5 Å². The molecule has 0 amide bonds. The topological polar surface area (TPSA) is 78.1 Å². The fourth-order valence-electron chi connectivity index (χ4n) is 6.36. The molecule has 2 fully saturated rings. The van der Waals surface area contributed by atoms with Crippen LogP contribution in [0, 0.1) is 17.7 Å². The third kappa shape index (κ3) is 3.51. The summed E-state index contributed by atoms with van der Waals surface area (Å²) >= 11 is 0. The molecule has 2 aromatic carbocycles. The zero-order chi connectivity index (χ0) is 23.5. The van der Waals surface area contributed by atoms with Gasteiger partial charge in [-0.3, -0.25) is 5.10 Å². The first-order valence-electron chi connectivity index (χ1n) is 12.1. The van der Waals surface area contributed by atoms with Gasteiger partial charge in [-0.05, 0) is 97.0 Å². The van der Waals surface area contributed by atoms with Crippen molar-refractivity contribution in [3.63, 3.8) is 0 Å². The normalized spacial score (nSPS) is 27.7. The number of aromatic nitrogens is 2. The Morgan fingerprint density at radius 3 is 2.47 bits per heavy atom. The Labute approximate surface area is 199 Å². The molecule has 2 aliphatic carbocycles. The number of fused-ring (bicyclic) bond motifs is 1. The highest BCUT2D eigenvalue weighted by molar-refractivity contribution is 7.87. The Hall–Kier alpha value is -2.55. The van der Waals surface area contributed by atoms with Gasteiger partial charge in [0.15, 0.2) is 0 Å². The van der Waals surface area contributed by atoms with E-state index < -0.39 is 10.2 Å². The maximum absolute atomic E-state index is 13.3. The molecule has 34 heavy (non-hydrogen) atoms. The number of nitrogens with zero attached hydrogens (tertiary/aromatic N) is 2. The van der Waals surface area contributed by atoms with Crippen molar-refractivity contribution in [3.05, 3.63) is 65.5 Å². The molecule has 1 spiro atoms. The molecule has 1 aliphatic heterocycles. The Kier molecular flexibility index (Phi) is 5.17. The number of aromatic amines is 1. The highest BCUT2D eigenvalue weighted by Gasteiger charge is 2.59. The Morgan fingerprint density at radius 2 is 1.74 bits per heavy atom. The second-order valence-corrected chi connectivity index (χ2v) is 11.7. The van der Waals surface area contributed by atoms with Crippen molar-refractivity contribution in [2.24, 2.45) is 11.8 Å². The van der Waals surface area contributed by atoms with Crippen molar-refractivity contribution in [2.45, 2.75) is 44.6 Å². The van der Waals surface area contributed by atoms with Gasteiger partial charge in [-0.2, -0.15) is 22.5 Å². The van der Waals surface area contributed by atoms with Crippen LogP contribution in [0.4, 0.5) is 4.39 Å². The van der Waals surface area contributed by atoms with Gasteiger partial charge in [0.1, 0.15) is 5.82 Å². The van der Waals surface area contributed by atoms with Crippen molar-refractivity contribution in [3.8, 4) is 22.5 Å². The Bertz CT molecular complexity index is 1340. The summed E-state index contributed by atoms with van der Waals surface area (Å²) in [6.07, 6.45) is 4.70. The second-order valence-electron chi connectivity index (χ2n) is 10.0. The molecule has 0 unspecified atom stereocenters. The number of halogens is 1. The van der Waals surface area contributed by atoms with E-state index in [2.05, 4.69) is 33.1 Å². The van der Waals surface area contributed by atoms with Crippen molar-refractivity contribution >= 4 is 10.2 Å². The lowest BCUT2D eigenvalue weighted by molar-refractivity contribution is 0.213. The van der Waals surface area contributed by atoms with Crippen LogP contribution in [0.15, 0.2) is 48.5 Å². The molecule has 1 saturated carbocycles. The van der Waals surface area contributed by atoms with Crippen LogP contribution in [0.1, 0.15) is 37.3 Å². The predicted octanol–water partition coefficient (Wildman–Crippen LogP) is 4.31. The molecule has 3 atom stereocenters. The van der Waals surface area contributed by atoms with Gasteiger partial charge >= 0.3 is 0 Å². The molecule has 3 aliphatic rings. The minimum absolute atomic E-state index is 0.260. The number of benzene rings is 2. The smallest absolute Gasteiger partial charge is 0.277 e. The maximum Gasteiger partial charge on any atom is 0.280 e. The van der Waals surface area contributed by atoms with Crippen LogP contribution in [-0.2, 0) is 23.1 Å². The molecule has 178 valence electrons. The van der Waals surface area contributed by atoms with Gasteiger partial charge in [-0.25, -0.2) is 4.39 Å². The van der Waals surface area contributed by atoms with Crippen molar-refractivity contribution < 1.29 is 12.8 Å². The van der Waals surface area contributed by atoms with Crippen LogP contribution in [-0.4, -0.2) is 41.5 Å². The largest absolute Gasteiger partial charge is 0.280 e. The first-order valence-corrected chi connectivity index (χ1v) is 13.5. The van der Waals surface area contributed by atoms with Crippen LogP contribution < -0.4 is 4.72 Å². The third-order valence-corrected chi connectivity index (χ3v) is 9.69. The highest BCUT2D eigenvalue weighted by atomic mass is 32.2. The maximum atomic E-state index is 13.3. The van der Waals surface area contributed by atoms with Crippen LogP contribution in [0.5, 0.6) is 0 Å². The standard InChI is InChI=1S/C26H29FN4O2S/c1-2-11-31-16-26(30-34(31,32)33)21-7-8-22(26)14-20-12-19(4-3-18(20)13-21)25-15-24(28-29-25)17-5-9-23(27)10-6-17/h3-6,9-10,12,15,21-22,30H,2,7-8,11,13-14,16H2,1H3,(H,28,29)/t21-,22+,26+/m0/s1. The van der Waals surface area contributed by atoms with Gasteiger partial charge in [0.25, 0.3) is 10.2 Å². The van der Waals surface area contributed by atoms with E-state index in [4.69, 9.17) is 0 Å². The van der Waals surface area contributed by atoms with Crippen LogP contribution in [0.2, 0.25) is 0 Å². The zero-order valence-electron chi connectivity index (χ0n) is 19.2. The van der Waals surface area contributed by atoms with E-state index in [0.29, 0.717) is 24.9 Å². The SMILES string of the molecule is CCCN1C[C@]2(NS1(=O)=O)[C@@H]1CC[C@H]2Cc2ccc(-c3cc(-c4ccc(F)cc4)[nH]n3)cc2C1. The minimum atomic E-state index is -3.42.